The van der Waals surface area contributed by atoms with Crippen molar-refractivity contribution >= 4 is 11.5 Å². The fourth-order valence-electron chi connectivity index (χ4n) is 3.36. The van der Waals surface area contributed by atoms with Crippen molar-refractivity contribution in [2.24, 2.45) is 4.99 Å². The van der Waals surface area contributed by atoms with E-state index >= 15 is 0 Å². The summed E-state index contributed by atoms with van der Waals surface area (Å²) in [6.45, 7) is 7.85. The third-order valence-corrected chi connectivity index (χ3v) is 4.49. The van der Waals surface area contributed by atoms with Crippen LogP contribution in [0.25, 0.3) is 4.85 Å². The third-order valence-electron chi connectivity index (χ3n) is 4.49. The molecule has 3 aromatic rings. The van der Waals surface area contributed by atoms with Gasteiger partial charge in [0.25, 0.3) is 6.04 Å². The van der Waals surface area contributed by atoms with E-state index in [4.69, 9.17) is 16.3 Å². The van der Waals surface area contributed by atoms with Gasteiger partial charge in [-0.2, -0.15) is 5.10 Å². The number of aromatic nitrogens is 2. The average Bonchev–Trinajstić information content (AvgIpc) is 3.15. The van der Waals surface area contributed by atoms with Crippen LogP contribution in [0.2, 0.25) is 0 Å². The number of benzene rings is 2. The van der Waals surface area contributed by atoms with Crippen LogP contribution in [0.4, 0.5) is 5.82 Å². The van der Waals surface area contributed by atoms with Crippen LogP contribution in [0.1, 0.15) is 22.6 Å². The van der Waals surface area contributed by atoms with E-state index in [1.807, 2.05) is 54.6 Å². The second-order valence-electron chi connectivity index (χ2n) is 5.83. The molecule has 4 rings (SSSR count). The maximum atomic E-state index is 7.85. The minimum atomic E-state index is -0.441. The molecular weight excluding hydrogens is 312 g/mol. The lowest BCUT2D eigenvalue weighted by atomic mass is 9.80. The van der Waals surface area contributed by atoms with Crippen LogP contribution in [0.5, 0.6) is 5.75 Å². The van der Waals surface area contributed by atoms with Gasteiger partial charge < -0.3 is 9.58 Å². The number of nitrogens with one attached hydrogen (secondary N) is 1. The molecule has 0 radical (unpaired) electrons. The fourth-order valence-corrected chi connectivity index (χ4v) is 3.36. The number of H-pyrrole nitrogens is 1. The van der Waals surface area contributed by atoms with Crippen LogP contribution in [-0.4, -0.2) is 29.1 Å². The number of aliphatic imine (C=N–C) groups is 1. The van der Waals surface area contributed by atoms with Gasteiger partial charge in [0.05, 0.1) is 19.2 Å². The molecule has 1 aromatic heterocycles. The molecule has 0 bridgehead atoms. The molecule has 0 spiro atoms. The smallest absolute Gasteiger partial charge is 0.276 e. The monoisotopic (exact) mass is 328 g/mol. The Hall–Kier alpha value is -3.39. The van der Waals surface area contributed by atoms with Gasteiger partial charge in [-0.25, -0.2) is 11.6 Å². The van der Waals surface area contributed by atoms with Gasteiger partial charge in [-0.15, -0.1) is 0 Å². The summed E-state index contributed by atoms with van der Waals surface area (Å²) in [5.74, 6) is 1.28. The van der Waals surface area contributed by atoms with Gasteiger partial charge in [-0.05, 0) is 6.07 Å². The lowest BCUT2D eigenvalue weighted by Crippen LogP contribution is -2.29. The van der Waals surface area contributed by atoms with Gasteiger partial charge in [0, 0.05) is 16.7 Å². The van der Waals surface area contributed by atoms with Crippen molar-refractivity contribution in [1.82, 2.24) is 10.2 Å². The molecule has 0 aliphatic carbocycles. The topological polar surface area (TPSA) is 54.6 Å². The highest BCUT2D eigenvalue weighted by atomic mass is 16.5. The Morgan fingerprint density at radius 3 is 2.56 bits per heavy atom. The Labute approximate surface area is 145 Å². The first-order chi connectivity index (χ1) is 12.3. The zero-order valence-corrected chi connectivity index (χ0v) is 13.7. The molecule has 122 valence electrons. The van der Waals surface area contributed by atoms with Gasteiger partial charge in [-0.3, -0.25) is 5.10 Å². The van der Waals surface area contributed by atoms with Crippen molar-refractivity contribution in [1.29, 1.82) is 0 Å². The molecule has 1 N–H and O–H groups in total. The van der Waals surface area contributed by atoms with E-state index in [1.165, 1.54) is 0 Å². The highest BCUT2D eigenvalue weighted by Crippen LogP contribution is 2.43. The van der Waals surface area contributed by atoms with Gasteiger partial charge in [0.2, 0.25) is 0 Å². The summed E-state index contributed by atoms with van der Waals surface area (Å²) in [5, 5.41) is 7.11. The SMILES string of the molecule is [C-]#[N+]C1C(c2ccccc2)=Nc2[nH]ncc2C1c1ccccc1OC. The number of para-hydroxylation sites is 1. The van der Waals surface area contributed by atoms with Crippen LogP contribution < -0.4 is 4.74 Å². The fraction of sp³-hybridized carbons (Fsp3) is 0.150. The lowest BCUT2D eigenvalue weighted by Gasteiger charge is -2.25. The second-order valence-corrected chi connectivity index (χ2v) is 5.83. The Morgan fingerprint density at radius 1 is 1.04 bits per heavy atom. The summed E-state index contributed by atoms with van der Waals surface area (Å²) in [6, 6.07) is 17.2. The molecule has 5 nitrogen and oxygen atoms in total. The number of nitrogens with zero attached hydrogens (tertiary/aromatic N) is 3. The van der Waals surface area contributed by atoms with Crippen molar-refractivity contribution < 1.29 is 4.74 Å². The normalized spacial score (nSPS) is 18.8. The quantitative estimate of drug-likeness (QED) is 0.740. The minimum absolute atomic E-state index is 0.185. The van der Waals surface area contributed by atoms with E-state index in [0.29, 0.717) is 5.82 Å². The predicted molar refractivity (Wildman–Crippen MR) is 96.5 cm³/mol. The number of hydrogen-bond acceptors (Lipinski definition) is 3. The number of hydrogen-bond donors (Lipinski definition) is 1. The molecule has 1 aliphatic rings. The van der Waals surface area contributed by atoms with Crippen LogP contribution >= 0.6 is 0 Å². The van der Waals surface area contributed by atoms with Crippen molar-refractivity contribution in [2.75, 3.05) is 7.11 Å². The lowest BCUT2D eigenvalue weighted by molar-refractivity contribution is 0.407. The van der Waals surface area contributed by atoms with Crippen molar-refractivity contribution in [2.45, 2.75) is 12.0 Å². The summed E-state index contributed by atoms with van der Waals surface area (Å²) in [7, 11) is 1.65. The zero-order valence-electron chi connectivity index (χ0n) is 13.7. The molecule has 2 unspecified atom stereocenters. The first-order valence-corrected chi connectivity index (χ1v) is 8.00. The largest absolute Gasteiger partial charge is 0.496 e. The van der Waals surface area contributed by atoms with E-state index in [-0.39, 0.29) is 5.92 Å². The molecule has 2 atom stereocenters. The Morgan fingerprint density at radius 2 is 1.80 bits per heavy atom. The average molecular weight is 328 g/mol. The maximum absolute atomic E-state index is 7.85. The summed E-state index contributed by atoms with van der Waals surface area (Å²) in [6.07, 6.45) is 1.76. The first kappa shape index (κ1) is 15.2. The highest BCUT2D eigenvalue weighted by molar-refractivity contribution is 6.08. The Kier molecular flexibility index (Phi) is 3.79. The van der Waals surface area contributed by atoms with Gasteiger partial charge in [-0.1, -0.05) is 48.5 Å². The van der Waals surface area contributed by atoms with Crippen LogP contribution in [-0.2, 0) is 0 Å². The molecule has 1 aliphatic heterocycles. The summed E-state index contributed by atoms with van der Waals surface area (Å²) >= 11 is 0. The van der Waals surface area contributed by atoms with Gasteiger partial charge >= 0.3 is 0 Å². The summed E-state index contributed by atoms with van der Waals surface area (Å²) in [5.41, 5.74) is 3.59. The van der Waals surface area contributed by atoms with E-state index in [0.717, 1.165) is 28.2 Å². The van der Waals surface area contributed by atoms with Crippen molar-refractivity contribution in [3.8, 4) is 5.75 Å². The number of methoxy groups -OCH3 is 1. The van der Waals surface area contributed by atoms with E-state index in [9.17, 15) is 0 Å². The molecule has 0 fully saturated rings. The summed E-state index contributed by atoms with van der Waals surface area (Å²) < 4.78 is 5.55. The second kappa shape index (κ2) is 6.25. The highest BCUT2D eigenvalue weighted by Gasteiger charge is 2.42. The number of aromatic amines is 1. The van der Waals surface area contributed by atoms with E-state index in [2.05, 4.69) is 15.0 Å². The van der Waals surface area contributed by atoms with E-state index < -0.39 is 6.04 Å². The summed E-state index contributed by atoms with van der Waals surface area (Å²) in [4.78, 5) is 8.64. The molecule has 0 saturated carbocycles. The molecule has 2 aromatic carbocycles. The van der Waals surface area contributed by atoms with Crippen LogP contribution in [0.15, 0.2) is 65.8 Å². The Bertz CT molecular complexity index is 969. The number of rotatable bonds is 3. The maximum Gasteiger partial charge on any atom is 0.276 e. The standard InChI is InChI=1S/C20H16N4O/c1-21-19-17(14-10-6-7-11-16(14)25-2)15-12-22-24-20(15)23-18(19)13-8-4-3-5-9-13/h3-12,17,19H,2H3,(H,22,24). The van der Waals surface area contributed by atoms with Gasteiger partial charge in [0.15, 0.2) is 5.82 Å². The Balaban J connectivity index is 1.93. The molecule has 2 heterocycles. The van der Waals surface area contributed by atoms with Gasteiger partial charge in [0.1, 0.15) is 11.5 Å². The minimum Gasteiger partial charge on any atom is -0.496 e. The number of fused-ring (bicyclic) bond motifs is 1. The predicted octanol–water partition coefficient (Wildman–Crippen LogP) is 3.97. The molecule has 0 saturated heterocycles. The van der Waals surface area contributed by atoms with Crippen molar-refractivity contribution in [3.63, 3.8) is 0 Å². The first-order valence-electron chi connectivity index (χ1n) is 8.00. The molecule has 25 heavy (non-hydrogen) atoms. The molecule has 0 amide bonds. The zero-order chi connectivity index (χ0) is 17.2. The van der Waals surface area contributed by atoms with Crippen LogP contribution in [0.3, 0.4) is 0 Å². The number of ether oxygens (including phenoxy) is 1. The van der Waals surface area contributed by atoms with Crippen LogP contribution in [0, 0.1) is 6.57 Å². The van der Waals surface area contributed by atoms with Crippen molar-refractivity contribution in [3.05, 3.63) is 88.9 Å². The molecule has 5 heteroatoms. The third kappa shape index (κ3) is 2.48. The van der Waals surface area contributed by atoms with E-state index in [1.54, 1.807) is 13.3 Å². The molecular formula is C20H16N4O.